The Morgan fingerprint density at radius 1 is 1.28 bits per heavy atom. The van der Waals surface area contributed by atoms with E-state index in [1.807, 2.05) is 31.2 Å². The monoisotopic (exact) mass is 360 g/mol. The van der Waals surface area contributed by atoms with Crippen LogP contribution in [0.25, 0.3) is 0 Å². The first kappa shape index (κ1) is 17.9. The summed E-state index contributed by atoms with van der Waals surface area (Å²) in [6.07, 6.45) is 1.76. The van der Waals surface area contributed by atoms with Crippen molar-refractivity contribution in [3.8, 4) is 0 Å². The minimum absolute atomic E-state index is 0.0215. The molecule has 132 valence electrons. The number of halogens is 2. The second-order valence-corrected chi connectivity index (χ2v) is 7.04. The van der Waals surface area contributed by atoms with Crippen LogP contribution in [0.15, 0.2) is 42.5 Å². The van der Waals surface area contributed by atoms with Crippen molar-refractivity contribution in [3.63, 3.8) is 0 Å². The minimum Gasteiger partial charge on any atom is -0.326 e. The molecular formula is C20H22ClFN2O. The van der Waals surface area contributed by atoms with Gasteiger partial charge in [-0.05, 0) is 50.6 Å². The zero-order valence-electron chi connectivity index (χ0n) is 14.3. The molecule has 2 aromatic carbocycles. The van der Waals surface area contributed by atoms with E-state index < -0.39 is 0 Å². The number of carbonyl (C=O) groups excluding carboxylic acids is 1. The van der Waals surface area contributed by atoms with Crippen LogP contribution >= 0.6 is 11.6 Å². The van der Waals surface area contributed by atoms with E-state index >= 15 is 0 Å². The number of piperidine rings is 1. The number of nitrogens with zero attached hydrogens (tertiary/aromatic N) is 1. The summed E-state index contributed by atoms with van der Waals surface area (Å²) in [6.45, 7) is 3.90. The van der Waals surface area contributed by atoms with Gasteiger partial charge in [0, 0.05) is 29.4 Å². The Kier molecular flexibility index (Phi) is 5.71. The molecule has 0 bridgehead atoms. The van der Waals surface area contributed by atoms with Gasteiger partial charge >= 0.3 is 0 Å². The van der Waals surface area contributed by atoms with Gasteiger partial charge in [0.15, 0.2) is 0 Å². The highest BCUT2D eigenvalue weighted by atomic mass is 35.5. The Balaban J connectivity index is 1.62. The molecule has 0 aliphatic carbocycles. The van der Waals surface area contributed by atoms with E-state index in [0.717, 1.165) is 30.6 Å². The summed E-state index contributed by atoms with van der Waals surface area (Å²) in [5.74, 6) is -0.368. The van der Waals surface area contributed by atoms with Crippen LogP contribution in [0.5, 0.6) is 0 Å². The van der Waals surface area contributed by atoms with Crippen LogP contribution in [-0.2, 0) is 11.3 Å². The maximum atomic E-state index is 14.0. The predicted octanol–water partition coefficient (Wildman–Crippen LogP) is 4.64. The molecular weight excluding hydrogens is 339 g/mol. The van der Waals surface area contributed by atoms with Crippen molar-refractivity contribution >= 4 is 23.2 Å². The molecule has 2 aromatic rings. The van der Waals surface area contributed by atoms with E-state index in [-0.39, 0.29) is 17.6 Å². The highest BCUT2D eigenvalue weighted by Gasteiger charge is 2.26. The number of likely N-dealkylation sites (tertiary alicyclic amines) is 1. The quantitative estimate of drug-likeness (QED) is 0.861. The minimum atomic E-state index is -0.293. The lowest BCUT2D eigenvalue weighted by Gasteiger charge is -2.32. The van der Waals surface area contributed by atoms with Crippen LogP contribution < -0.4 is 5.32 Å². The molecule has 0 radical (unpaired) electrons. The molecule has 1 heterocycles. The van der Waals surface area contributed by atoms with Gasteiger partial charge in [0.1, 0.15) is 5.82 Å². The number of anilines is 1. The molecule has 3 rings (SSSR count). The Hall–Kier alpha value is -1.91. The standard InChI is InChI=1S/C20H22ClFN2O/c1-14-7-9-16(10-8-14)23-20(25)15-4-3-11-24(12-15)13-17-18(21)5-2-6-19(17)22/h2,5-10,15H,3-4,11-13H2,1H3,(H,23,25). The van der Waals surface area contributed by atoms with Crippen molar-refractivity contribution in [3.05, 3.63) is 64.4 Å². The summed E-state index contributed by atoms with van der Waals surface area (Å²) in [5.41, 5.74) is 2.47. The van der Waals surface area contributed by atoms with Gasteiger partial charge in [-0.15, -0.1) is 0 Å². The summed E-state index contributed by atoms with van der Waals surface area (Å²) in [7, 11) is 0. The number of amides is 1. The van der Waals surface area contributed by atoms with E-state index in [1.165, 1.54) is 6.07 Å². The van der Waals surface area contributed by atoms with Crippen LogP contribution in [0.4, 0.5) is 10.1 Å². The summed E-state index contributed by atoms with van der Waals surface area (Å²) in [5, 5.41) is 3.42. The maximum absolute atomic E-state index is 14.0. The molecule has 3 nitrogen and oxygen atoms in total. The second kappa shape index (κ2) is 7.98. The third-order valence-corrected chi connectivity index (χ3v) is 4.99. The zero-order chi connectivity index (χ0) is 17.8. The highest BCUT2D eigenvalue weighted by molar-refractivity contribution is 6.31. The van der Waals surface area contributed by atoms with Gasteiger partial charge in [-0.25, -0.2) is 4.39 Å². The van der Waals surface area contributed by atoms with Gasteiger partial charge in [-0.2, -0.15) is 0 Å². The van der Waals surface area contributed by atoms with Crippen molar-refractivity contribution in [2.24, 2.45) is 5.92 Å². The van der Waals surface area contributed by atoms with Gasteiger partial charge in [0.05, 0.1) is 5.92 Å². The second-order valence-electron chi connectivity index (χ2n) is 6.63. The van der Waals surface area contributed by atoms with Crippen LogP contribution in [0.2, 0.25) is 5.02 Å². The first-order valence-corrected chi connectivity index (χ1v) is 8.93. The Bertz CT molecular complexity index is 728. The smallest absolute Gasteiger partial charge is 0.228 e. The van der Waals surface area contributed by atoms with Gasteiger partial charge in [-0.1, -0.05) is 35.4 Å². The molecule has 1 saturated heterocycles. The third kappa shape index (κ3) is 4.59. The summed E-state index contributed by atoms with van der Waals surface area (Å²) in [4.78, 5) is 14.7. The first-order valence-electron chi connectivity index (χ1n) is 8.55. The van der Waals surface area contributed by atoms with Crippen LogP contribution in [0.1, 0.15) is 24.0 Å². The lowest BCUT2D eigenvalue weighted by molar-refractivity contribution is -0.121. The fourth-order valence-corrected chi connectivity index (χ4v) is 3.42. The van der Waals surface area contributed by atoms with E-state index in [9.17, 15) is 9.18 Å². The van der Waals surface area contributed by atoms with Gasteiger partial charge < -0.3 is 5.32 Å². The van der Waals surface area contributed by atoms with Crippen molar-refractivity contribution < 1.29 is 9.18 Å². The molecule has 0 spiro atoms. The number of rotatable bonds is 4. The van der Waals surface area contributed by atoms with E-state index in [1.54, 1.807) is 12.1 Å². The van der Waals surface area contributed by atoms with Crippen molar-refractivity contribution in [1.29, 1.82) is 0 Å². The van der Waals surface area contributed by atoms with Gasteiger partial charge in [-0.3, -0.25) is 9.69 Å². The molecule has 1 amide bonds. The Morgan fingerprint density at radius 3 is 2.76 bits per heavy atom. The fraction of sp³-hybridized carbons (Fsp3) is 0.350. The molecule has 1 fully saturated rings. The van der Waals surface area contributed by atoms with E-state index in [2.05, 4.69) is 10.2 Å². The summed E-state index contributed by atoms with van der Waals surface area (Å²) in [6, 6.07) is 12.5. The van der Waals surface area contributed by atoms with Crippen LogP contribution in [-0.4, -0.2) is 23.9 Å². The lowest BCUT2D eigenvalue weighted by atomic mass is 9.96. The SMILES string of the molecule is Cc1ccc(NC(=O)C2CCCN(Cc3c(F)cccc3Cl)C2)cc1. The molecule has 1 N–H and O–H groups in total. The number of nitrogens with one attached hydrogen (secondary N) is 1. The number of hydrogen-bond donors (Lipinski definition) is 1. The normalized spacial score (nSPS) is 18.1. The zero-order valence-corrected chi connectivity index (χ0v) is 15.0. The number of aryl methyl sites for hydroxylation is 1. The molecule has 1 aliphatic rings. The van der Waals surface area contributed by atoms with E-state index in [4.69, 9.17) is 11.6 Å². The van der Waals surface area contributed by atoms with Crippen LogP contribution in [0.3, 0.4) is 0 Å². The molecule has 1 unspecified atom stereocenters. The maximum Gasteiger partial charge on any atom is 0.228 e. The Morgan fingerprint density at radius 2 is 2.04 bits per heavy atom. The molecule has 1 aliphatic heterocycles. The number of hydrogen-bond acceptors (Lipinski definition) is 2. The molecule has 25 heavy (non-hydrogen) atoms. The predicted molar refractivity (Wildman–Crippen MR) is 99.2 cm³/mol. The topological polar surface area (TPSA) is 32.3 Å². The Labute approximate surface area is 152 Å². The molecule has 5 heteroatoms. The van der Waals surface area contributed by atoms with Gasteiger partial charge in [0.25, 0.3) is 0 Å². The summed E-state index contributed by atoms with van der Waals surface area (Å²) < 4.78 is 14.0. The molecule has 0 aromatic heterocycles. The van der Waals surface area contributed by atoms with Crippen molar-refractivity contribution in [2.75, 3.05) is 18.4 Å². The first-order chi connectivity index (χ1) is 12.0. The summed E-state index contributed by atoms with van der Waals surface area (Å²) >= 11 is 6.12. The molecule has 1 atom stereocenters. The number of benzene rings is 2. The van der Waals surface area contributed by atoms with Crippen molar-refractivity contribution in [2.45, 2.75) is 26.3 Å². The van der Waals surface area contributed by atoms with Crippen molar-refractivity contribution in [1.82, 2.24) is 4.90 Å². The van der Waals surface area contributed by atoms with Gasteiger partial charge in [0.2, 0.25) is 5.91 Å². The average Bonchev–Trinajstić information content (AvgIpc) is 2.60. The molecule has 0 saturated carbocycles. The fourth-order valence-electron chi connectivity index (χ4n) is 3.20. The van der Waals surface area contributed by atoms with E-state index in [0.29, 0.717) is 23.7 Å². The third-order valence-electron chi connectivity index (χ3n) is 4.64. The average molecular weight is 361 g/mol. The lowest BCUT2D eigenvalue weighted by Crippen LogP contribution is -2.40. The highest BCUT2D eigenvalue weighted by Crippen LogP contribution is 2.25. The number of carbonyl (C=O) groups is 1. The van der Waals surface area contributed by atoms with Crippen LogP contribution in [0, 0.1) is 18.7 Å². The largest absolute Gasteiger partial charge is 0.326 e.